The molecule has 0 aliphatic heterocycles. The van der Waals surface area contributed by atoms with Gasteiger partial charge < -0.3 is 10.4 Å². The van der Waals surface area contributed by atoms with E-state index in [4.69, 9.17) is 5.11 Å². The van der Waals surface area contributed by atoms with Gasteiger partial charge in [0.05, 0.1) is 0 Å². The summed E-state index contributed by atoms with van der Waals surface area (Å²) in [6.07, 6.45) is 3.60. The quantitative estimate of drug-likeness (QED) is 0.557. The Morgan fingerprint density at radius 3 is 2.60 bits per heavy atom. The first-order chi connectivity index (χ1) is 4.83. The van der Waals surface area contributed by atoms with Crippen molar-refractivity contribution in [1.29, 1.82) is 0 Å². The number of hydrogen-bond acceptors (Lipinski definition) is 2. The molecule has 2 heteroatoms. The molecule has 1 fully saturated rings. The number of rotatable bonds is 5. The second-order valence-electron chi connectivity index (χ2n) is 3.33. The zero-order valence-electron chi connectivity index (χ0n) is 6.69. The summed E-state index contributed by atoms with van der Waals surface area (Å²) in [5.41, 5.74) is 0.287. The maximum atomic E-state index is 8.92. The van der Waals surface area contributed by atoms with Crippen molar-refractivity contribution in [3.05, 3.63) is 0 Å². The highest BCUT2D eigenvalue weighted by Gasteiger charge is 2.41. The average Bonchev–Trinajstić information content (AvgIpc) is 2.70. The molecule has 0 radical (unpaired) electrons. The molecular formula is C8H17NO. The Bertz CT molecular complexity index is 99.4. The predicted octanol–water partition coefficient (Wildman–Crippen LogP) is 0.758. The molecule has 1 rings (SSSR count). The molecule has 0 atom stereocenters. The van der Waals surface area contributed by atoms with Crippen LogP contribution >= 0.6 is 0 Å². The van der Waals surface area contributed by atoms with Crippen molar-refractivity contribution in [2.75, 3.05) is 19.7 Å². The van der Waals surface area contributed by atoms with E-state index in [-0.39, 0.29) is 5.41 Å². The summed E-state index contributed by atoms with van der Waals surface area (Å²) >= 11 is 0. The van der Waals surface area contributed by atoms with Gasteiger partial charge in [-0.2, -0.15) is 0 Å². The molecule has 0 saturated heterocycles. The lowest BCUT2D eigenvalue weighted by molar-refractivity contribution is 0.208. The molecule has 0 heterocycles. The lowest BCUT2D eigenvalue weighted by Gasteiger charge is -2.11. The Hall–Kier alpha value is -0.0800. The number of aliphatic hydroxyl groups is 1. The fourth-order valence-corrected chi connectivity index (χ4v) is 1.10. The molecule has 1 aliphatic rings. The molecule has 0 bridgehead atoms. The van der Waals surface area contributed by atoms with Gasteiger partial charge in [0.15, 0.2) is 0 Å². The lowest BCUT2D eigenvalue weighted by Crippen LogP contribution is -2.26. The van der Waals surface area contributed by atoms with Crippen molar-refractivity contribution >= 4 is 0 Å². The minimum absolute atomic E-state index is 0.287. The second kappa shape index (κ2) is 3.35. The van der Waals surface area contributed by atoms with E-state index in [0.717, 1.165) is 13.1 Å². The Kier molecular flexibility index (Phi) is 2.69. The van der Waals surface area contributed by atoms with E-state index >= 15 is 0 Å². The smallest absolute Gasteiger partial charge is 0.0499 e. The van der Waals surface area contributed by atoms with Crippen molar-refractivity contribution in [2.45, 2.75) is 26.2 Å². The molecule has 2 N–H and O–H groups in total. The van der Waals surface area contributed by atoms with Crippen LogP contribution in [0.4, 0.5) is 0 Å². The largest absolute Gasteiger partial charge is 0.396 e. The molecule has 0 aromatic heterocycles. The van der Waals surface area contributed by atoms with Gasteiger partial charge in [-0.15, -0.1) is 0 Å². The molecule has 0 amide bonds. The van der Waals surface area contributed by atoms with Crippen LogP contribution in [0.15, 0.2) is 0 Å². The van der Waals surface area contributed by atoms with Crippen molar-refractivity contribution in [3.8, 4) is 0 Å². The Morgan fingerprint density at radius 2 is 2.20 bits per heavy atom. The summed E-state index contributed by atoms with van der Waals surface area (Å²) in [6, 6.07) is 0. The zero-order chi connectivity index (χ0) is 7.45. The van der Waals surface area contributed by atoms with E-state index in [0.29, 0.717) is 6.61 Å². The maximum absolute atomic E-state index is 8.92. The van der Waals surface area contributed by atoms with Crippen LogP contribution in [0.2, 0.25) is 0 Å². The first-order valence-corrected chi connectivity index (χ1v) is 4.14. The molecule has 0 unspecified atom stereocenters. The van der Waals surface area contributed by atoms with E-state index in [1.54, 1.807) is 0 Å². The Morgan fingerprint density at radius 1 is 1.50 bits per heavy atom. The van der Waals surface area contributed by atoms with Crippen LogP contribution in [0.1, 0.15) is 26.2 Å². The van der Waals surface area contributed by atoms with Gasteiger partial charge >= 0.3 is 0 Å². The fourth-order valence-electron chi connectivity index (χ4n) is 1.10. The minimum atomic E-state index is 0.287. The standard InChI is InChI=1S/C8H17NO/c1-2-5-9-6-8(7-10)3-4-8/h9-10H,2-7H2,1H3. The van der Waals surface area contributed by atoms with Crippen molar-refractivity contribution in [1.82, 2.24) is 5.32 Å². The Labute approximate surface area is 62.6 Å². The van der Waals surface area contributed by atoms with Crippen molar-refractivity contribution in [3.63, 3.8) is 0 Å². The number of hydrogen-bond donors (Lipinski definition) is 2. The van der Waals surface area contributed by atoms with E-state index in [9.17, 15) is 0 Å². The number of aliphatic hydroxyl groups excluding tert-OH is 1. The van der Waals surface area contributed by atoms with Crippen LogP contribution in [0.5, 0.6) is 0 Å². The molecule has 0 aromatic carbocycles. The van der Waals surface area contributed by atoms with Crippen LogP contribution in [0.3, 0.4) is 0 Å². The van der Waals surface area contributed by atoms with Gasteiger partial charge in [-0.1, -0.05) is 6.92 Å². The van der Waals surface area contributed by atoms with Crippen molar-refractivity contribution < 1.29 is 5.11 Å². The SMILES string of the molecule is CCCNCC1(CO)CC1. The van der Waals surface area contributed by atoms with Gasteiger partial charge in [-0.05, 0) is 25.8 Å². The highest BCUT2D eigenvalue weighted by Crippen LogP contribution is 2.44. The van der Waals surface area contributed by atoms with Gasteiger partial charge in [-0.25, -0.2) is 0 Å². The molecule has 60 valence electrons. The predicted molar refractivity (Wildman–Crippen MR) is 41.9 cm³/mol. The van der Waals surface area contributed by atoms with E-state index in [2.05, 4.69) is 12.2 Å². The van der Waals surface area contributed by atoms with Crippen LogP contribution in [-0.2, 0) is 0 Å². The van der Waals surface area contributed by atoms with E-state index in [1.165, 1.54) is 19.3 Å². The maximum Gasteiger partial charge on any atom is 0.0499 e. The highest BCUT2D eigenvalue weighted by molar-refractivity contribution is 4.93. The monoisotopic (exact) mass is 143 g/mol. The van der Waals surface area contributed by atoms with E-state index < -0.39 is 0 Å². The van der Waals surface area contributed by atoms with Gasteiger partial charge in [-0.3, -0.25) is 0 Å². The van der Waals surface area contributed by atoms with Crippen molar-refractivity contribution in [2.24, 2.45) is 5.41 Å². The topological polar surface area (TPSA) is 32.3 Å². The summed E-state index contributed by atoms with van der Waals surface area (Å²) < 4.78 is 0. The summed E-state index contributed by atoms with van der Waals surface area (Å²) in [5, 5.41) is 12.2. The number of nitrogens with one attached hydrogen (secondary N) is 1. The normalized spacial score (nSPS) is 21.0. The molecule has 2 nitrogen and oxygen atoms in total. The molecule has 0 spiro atoms. The Balaban J connectivity index is 2.01. The average molecular weight is 143 g/mol. The first-order valence-electron chi connectivity index (χ1n) is 4.14. The summed E-state index contributed by atoms with van der Waals surface area (Å²) in [6.45, 7) is 4.62. The molecular weight excluding hydrogens is 126 g/mol. The minimum Gasteiger partial charge on any atom is -0.396 e. The van der Waals surface area contributed by atoms with Gasteiger partial charge in [0.2, 0.25) is 0 Å². The second-order valence-corrected chi connectivity index (χ2v) is 3.33. The van der Waals surface area contributed by atoms with Gasteiger partial charge in [0.25, 0.3) is 0 Å². The third-order valence-corrected chi connectivity index (χ3v) is 2.22. The van der Waals surface area contributed by atoms with Crippen LogP contribution in [-0.4, -0.2) is 24.8 Å². The highest BCUT2D eigenvalue weighted by atomic mass is 16.3. The van der Waals surface area contributed by atoms with Crippen LogP contribution < -0.4 is 5.32 Å². The molecule has 10 heavy (non-hydrogen) atoms. The lowest BCUT2D eigenvalue weighted by atomic mass is 10.1. The zero-order valence-corrected chi connectivity index (χ0v) is 6.69. The molecule has 0 aromatic rings. The van der Waals surface area contributed by atoms with E-state index in [1.807, 2.05) is 0 Å². The summed E-state index contributed by atoms with van der Waals surface area (Å²) in [7, 11) is 0. The van der Waals surface area contributed by atoms with Crippen LogP contribution in [0.25, 0.3) is 0 Å². The van der Waals surface area contributed by atoms with Gasteiger partial charge in [0.1, 0.15) is 0 Å². The molecule has 1 saturated carbocycles. The third-order valence-electron chi connectivity index (χ3n) is 2.22. The first kappa shape index (κ1) is 8.02. The molecule has 1 aliphatic carbocycles. The van der Waals surface area contributed by atoms with Crippen LogP contribution in [0, 0.1) is 5.41 Å². The summed E-state index contributed by atoms with van der Waals surface area (Å²) in [4.78, 5) is 0. The fraction of sp³-hybridized carbons (Fsp3) is 1.00. The third kappa shape index (κ3) is 1.96. The van der Waals surface area contributed by atoms with Gasteiger partial charge in [0, 0.05) is 18.6 Å². The summed E-state index contributed by atoms with van der Waals surface area (Å²) in [5.74, 6) is 0.